The van der Waals surface area contributed by atoms with E-state index in [2.05, 4.69) is 39.1 Å². The molecule has 0 fully saturated rings. The molecule has 0 aromatic heterocycles. The minimum absolute atomic E-state index is 0.00362. The minimum atomic E-state index is -6.09. The van der Waals surface area contributed by atoms with Crippen molar-refractivity contribution in [1.82, 2.24) is 0 Å². The van der Waals surface area contributed by atoms with Gasteiger partial charge in [-0.2, -0.15) is 60.0 Å². The van der Waals surface area contributed by atoms with E-state index in [9.17, 15) is 57.5 Å². The van der Waals surface area contributed by atoms with Crippen LogP contribution in [0.25, 0.3) is 44.5 Å². The van der Waals surface area contributed by atoms with E-state index in [-0.39, 0.29) is 27.8 Å². The molecule has 0 saturated carbocycles. The Bertz CT molecular complexity index is 3140. The second kappa shape index (κ2) is 30.5. The number of carbonyl (C=O) groups is 1. The van der Waals surface area contributed by atoms with Gasteiger partial charge in [0, 0.05) is 23.3 Å². The van der Waals surface area contributed by atoms with E-state index >= 15 is 0 Å². The van der Waals surface area contributed by atoms with Crippen LogP contribution in [0.3, 0.4) is 0 Å². The second-order valence-corrected chi connectivity index (χ2v) is 22.3. The van der Waals surface area contributed by atoms with Crippen molar-refractivity contribution < 1.29 is 88.5 Å². The Morgan fingerprint density at radius 1 is 0.590 bits per heavy atom. The van der Waals surface area contributed by atoms with Gasteiger partial charge in [0.1, 0.15) is 46.0 Å². The number of benzene rings is 6. The molecule has 0 aliphatic carbocycles. The molecule has 78 heavy (non-hydrogen) atoms. The van der Waals surface area contributed by atoms with Crippen molar-refractivity contribution in [3.05, 3.63) is 166 Å². The molecule has 424 valence electrons. The van der Waals surface area contributed by atoms with Crippen LogP contribution in [0, 0.1) is 34.9 Å². The number of aromatic carboxylic acids is 1. The molecule has 0 saturated heterocycles. The smallest absolute Gasteiger partial charge is 0.522 e. The molecular formula is C52H48F12O8S6. The molecule has 0 spiro atoms. The Hall–Kier alpha value is -5.09. The van der Waals surface area contributed by atoms with Gasteiger partial charge in [0.2, 0.25) is 0 Å². The van der Waals surface area contributed by atoms with Gasteiger partial charge < -0.3 is 9.66 Å². The fourth-order valence-electron chi connectivity index (χ4n) is 6.66. The van der Waals surface area contributed by atoms with E-state index in [0.717, 1.165) is 90.4 Å². The van der Waals surface area contributed by atoms with E-state index in [4.69, 9.17) is 31.0 Å². The average molecular weight is 1220 g/mol. The van der Waals surface area contributed by atoms with Crippen LogP contribution in [0.4, 0.5) is 52.7 Å². The van der Waals surface area contributed by atoms with Gasteiger partial charge in [-0.3, -0.25) is 4.55 Å². The van der Waals surface area contributed by atoms with Crippen molar-refractivity contribution in [3.63, 3.8) is 0 Å². The van der Waals surface area contributed by atoms with Crippen LogP contribution in [-0.2, 0) is 44.4 Å². The van der Waals surface area contributed by atoms with Gasteiger partial charge in [0.05, 0.1) is 0 Å². The maximum absolute atomic E-state index is 14.9. The van der Waals surface area contributed by atoms with Crippen molar-refractivity contribution in [3.8, 4) is 44.5 Å². The number of hydrogen-bond donors (Lipinski definition) is 4. The predicted octanol–water partition coefficient (Wildman–Crippen LogP) is 14.9. The second-order valence-electron chi connectivity index (χ2n) is 16.2. The van der Waals surface area contributed by atoms with Crippen LogP contribution in [0.2, 0.25) is 0 Å². The standard InChI is InChI=1S/C25H22F3S2.C22H17F3O2.C3H8S2.2CHF3O3S/c1-2-4-16-5-7-17(8-6-16)18-9-10-20(21(26)13-18)19-14-22(27)24(23(28)15-19)25-29-11-3-12-30-25;1-2-3-13-4-6-14(7-5-13)15-8-9-17(18(23)10-15)16-11-19(24)21(22(26)27)20(25)12-16;4-2-1-3-5;2*2-1(3,4)8(5,6)7/h5-10,13-15H,2-4,11-12H2,1H3;4-12H,2-3H2,1H3,(H,26,27);4-5H,1-3H2;2*(H,5,6,7)/q+1;;;;/p-1. The molecule has 0 bridgehead atoms. The van der Waals surface area contributed by atoms with Crippen molar-refractivity contribution in [1.29, 1.82) is 0 Å². The third-order valence-electron chi connectivity index (χ3n) is 10.4. The molecule has 7 rings (SSSR count). The summed E-state index contributed by atoms with van der Waals surface area (Å²) < 4.78 is 204. The fraction of sp³-hybridized carbons (Fsp3) is 0.269. The van der Waals surface area contributed by atoms with Crippen molar-refractivity contribution in [2.75, 3.05) is 23.0 Å². The molecule has 2 N–H and O–H groups in total. The molecule has 0 unspecified atom stereocenters. The van der Waals surface area contributed by atoms with Crippen LogP contribution in [-0.4, -0.2) is 75.2 Å². The molecule has 1 heterocycles. The van der Waals surface area contributed by atoms with Gasteiger partial charge in [-0.15, -0.1) is 0 Å². The topological polar surface area (TPSA) is 149 Å². The first-order valence-corrected chi connectivity index (χ1v) is 28.9. The van der Waals surface area contributed by atoms with Gasteiger partial charge in [-0.05, 0) is 112 Å². The number of rotatable bonds is 12. The van der Waals surface area contributed by atoms with E-state index in [1.54, 1.807) is 18.2 Å². The van der Waals surface area contributed by atoms with E-state index in [0.29, 0.717) is 9.76 Å². The summed E-state index contributed by atoms with van der Waals surface area (Å²) in [5.41, 5.74) is -6.31. The number of alkyl halides is 6. The monoisotopic (exact) mass is 1220 g/mol. The predicted molar refractivity (Wildman–Crippen MR) is 288 cm³/mol. The molecule has 1 aliphatic rings. The van der Waals surface area contributed by atoms with Crippen LogP contribution < -0.4 is 0 Å². The number of hydrogen-bond acceptors (Lipinski definition) is 9. The van der Waals surface area contributed by atoms with Gasteiger partial charge in [0.15, 0.2) is 27.2 Å². The van der Waals surface area contributed by atoms with Crippen molar-refractivity contribution in [2.24, 2.45) is 0 Å². The Morgan fingerprint density at radius 2 is 0.936 bits per heavy atom. The first-order valence-electron chi connectivity index (χ1n) is 22.8. The first kappa shape index (κ1) is 67.2. The summed E-state index contributed by atoms with van der Waals surface area (Å²) in [5.74, 6) is -2.98. The lowest BCUT2D eigenvalue weighted by Gasteiger charge is -2.10. The first-order chi connectivity index (χ1) is 36.4. The maximum atomic E-state index is 14.9. The number of thioether (sulfide) groups is 1. The number of carboxylic acid groups (broad SMARTS) is 1. The summed E-state index contributed by atoms with van der Waals surface area (Å²) in [7, 11) is -11.9. The highest BCUT2D eigenvalue weighted by Crippen LogP contribution is 2.34. The number of carboxylic acids is 1. The normalized spacial score (nSPS) is 12.5. The SMILES string of the molecule is CCCc1ccc(-c2ccc(-c3cc(F)c(C(=O)O)c(F)c3)c(F)c2)cc1.CCCc1ccc(-c2ccc(-c3cc(F)c(C4=[S+]CCCS4)c(F)c3)c(F)c2)cc1.O=S(=O)(O)C(F)(F)F.O=S(=O)([O-])C(F)(F)F.SCCCS. The Kier molecular flexibility index (Phi) is 26.3. The highest BCUT2D eigenvalue weighted by atomic mass is 32.2. The van der Waals surface area contributed by atoms with Crippen LogP contribution in [0.5, 0.6) is 0 Å². The summed E-state index contributed by atoms with van der Waals surface area (Å²) in [6.07, 6.45) is 6.24. The summed E-state index contributed by atoms with van der Waals surface area (Å²) >= 11 is 10.9. The molecule has 0 radical (unpaired) electrons. The molecule has 6 aromatic carbocycles. The molecule has 1 aliphatic heterocycles. The van der Waals surface area contributed by atoms with Gasteiger partial charge in [-0.1, -0.05) is 111 Å². The third-order valence-corrected chi connectivity index (χ3v) is 14.8. The van der Waals surface area contributed by atoms with Crippen molar-refractivity contribution in [2.45, 2.75) is 63.4 Å². The Morgan fingerprint density at radius 3 is 1.21 bits per heavy atom. The van der Waals surface area contributed by atoms with Crippen LogP contribution in [0.1, 0.15) is 66.6 Å². The minimum Gasteiger partial charge on any atom is -0.741 e. The van der Waals surface area contributed by atoms with E-state index < -0.39 is 77.7 Å². The van der Waals surface area contributed by atoms with Crippen LogP contribution >= 0.6 is 37.0 Å². The number of aryl methyl sites for hydroxylation is 2. The van der Waals surface area contributed by atoms with E-state index in [1.165, 1.54) is 64.6 Å². The summed E-state index contributed by atoms with van der Waals surface area (Å²) in [6.45, 7) is 4.22. The highest BCUT2D eigenvalue weighted by molar-refractivity contribution is 8.23. The van der Waals surface area contributed by atoms with Gasteiger partial charge >= 0.3 is 27.1 Å². The zero-order valence-electron chi connectivity index (χ0n) is 40.9. The van der Waals surface area contributed by atoms with Gasteiger partial charge in [0.25, 0.3) is 4.20 Å². The maximum Gasteiger partial charge on any atom is 0.522 e. The highest BCUT2D eigenvalue weighted by Gasteiger charge is 2.44. The Labute approximate surface area is 462 Å². The zero-order chi connectivity index (χ0) is 58.8. The molecule has 8 nitrogen and oxygen atoms in total. The molecule has 26 heteroatoms. The summed E-state index contributed by atoms with van der Waals surface area (Å²) in [6, 6.07) is 29.1. The number of thiol groups is 2. The molecule has 0 amide bonds. The third kappa shape index (κ3) is 20.2. The molecule has 6 aromatic rings. The fourth-order valence-corrected chi connectivity index (χ4v) is 9.87. The quantitative estimate of drug-likeness (QED) is 0.0235. The molecule has 0 atom stereocenters. The van der Waals surface area contributed by atoms with Gasteiger partial charge in [-0.25, -0.2) is 39.6 Å². The largest absolute Gasteiger partial charge is 0.741 e. The van der Waals surface area contributed by atoms with Crippen molar-refractivity contribution >= 4 is 78.8 Å². The average Bonchev–Trinajstić information content (AvgIpc) is 3.34. The lowest BCUT2D eigenvalue weighted by atomic mass is 9.97. The summed E-state index contributed by atoms with van der Waals surface area (Å²) in [4.78, 5) is 10.9. The molecular weight excluding hydrogens is 1170 g/mol. The lowest BCUT2D eigenvalue weighted by molar-refractivity contribution is -0.0519. The van der Waals surface area contributed by atoms with Crippen LogP contribution in [0.15, 0.2) is 109 Å². The Balaban J connectivity index is 0.000000302. The number of halogens is 12. The lowest BCUT2D eigenvalue weighted by Crippen LogP contribution is -2.21. The summed E-state index contributed by atoms with van der Waals surface area (Å²) in [5, 5.41) is 8.82. The zero-order valence-corrected chi connectivity index (χ0v) is 45.9. The van der Waals surface area contributed by atoms with E-state index in [1.807, 2.05) is 48.5 Å².